The highest BCUT2D eigenvalue weighted by molar-refractivity contribution is 5.24. The minimum Gasteiger partial charge on any atom is -0.399 e. The Morgan fingerprint density at radius 1 is 1.45 bits per heavy atom. The van der Waals surface area contributed by atoms with E-state index < -0.39 is 0 Å². The summed E-state index contributed by atoms with van der Waals surface area (Å²) in [7, 11) is 0. The van der Waals surface area contributed by atoms with Crippen LogP contribution in [0.15, 0.2) is 36.1 Å². The van der Waals surface area contributed by atoms with Gasteiger partial charge in [-0.25, -0.2) is 0 Å². The molecule has 0 fully saturated rings. The topological polar surface area (TPSA) is 26.0 Å². The van der Waals surface area contributed by atoms with Gasteiger partial charge in [-0.3, -0.25) is 0 Å². The van der Waals surface area contributed by atoms with Crippen molar-refractivity contribution in [2.24, 2.45) is 5.73 Å². The van der Waals surface area contributed by atoms with Crippen molar-refractivity contribution >= 4 is 0 Å². The normalized spacial score (nSPS) is 12.4. The molecule has 0 aromatic rings. The number of nitrogens with two attached hydrogens (primary N) is 1. The minimum absolute atomic E-state index is 0.612. The van der Waals surface area contributed by atoms with Gasteiger partial charge in [0.1, 0.15) is 0 Å². The van der Waals surface area contributed by atoms with E-state index in [0.717, 1.165) is 6.42 Å². The van der Waals surface area contributed by atoms with E-state index in [-0.39, 0.29) is 0 Å². The van der Waals surface area contributed by atoms with Crippen LogP contribution in [0.4, 0.5) is 0 Å². The highest BCUT2D eigenvalue weighted by atomic mass is 14.5. The largest absolute Gasteiger partial charge is 0.399 e. The Labute approximate surface area is 69.3 Å². The molecular weight excluding hydrogens is 134 g/mol. The van der Waals surface area contributed by atoms with Gasteiger partial charge in [-0.05, 0) is 19.4 Å². The van der Waals surface area contributed by atoms with Gasteiger partial charge in [0.2, 0.25) is 0 Å². The van der Waals surface area contributed by atoms with Crippen LogP contribution < -0.4 is 5.73 Å². The van der Waals surface area contributed by atoms with Crippen molar-refractivity contribution in [2.45, 2.75) is 26.7 Å². The van der Waals surface area contributed by atoms with Crippen LogP contribution in [0.2, 0.25) is 0 Å². The second kappa shape index (κ2) is 5.78. The summed E-state index contributed by atoms with van der Waals surface area (Å²) in [4.78, 5) is 0. The van der Waals surface area contributed by atoms with Crippen molar-refractivity contribution in [3.63, 3.8) is 0 Å². The molecule has 0 aliphatic carbocycles. The molecule has 0 heterocycles. The zero-order chi connectivity index (χ0) is 8.69. The Morgan fingerprint density at radius 2 is 2.09 bits per heavy atom. The smallest absolute Gasteiger partial charge is 0.0241 e. The Balaban J connectivity index is 3.98. The quantitative estimate of drug-likeness (QED) is 0.614. The second-order valence-corrected chi connectivity index (χ2v) is 2.52. The molecule has 0 radical (unpaired) electrons. The van der Waals surface area contributed by atoms with Crippen molar-refractivity contribution in [3.05, 3.63) is 36.1 Å². The SMILES string of the molecule is C=C(N)/C=C\C(=C/C)CCC. The Kier molecular flexibility index (Phi) is 5.26. The molecule has 0 aromatic heterocycles. The van der Waals surface area contributed by atoms with Crippen molar-refractivity contribution < 1.29 is 0 Å². The number of rotatable bonds is 4. The maximum Gasteiger partial charge on any atom is 0.0241 e. The number of allylic oxidation sites excluding steroid dienone is 4. The molecule has 0 saturated heterocycles. The first-order chi connectivity index (χ1) is 5.20. The number of hydrogen-bond acceptors (Lipinski definition) is 1. The van der Waals surface area contributed by atoms with Crippen LogP contribution >= 0.6 is 0 Å². The molecule has 0 saturated carbocycles. The lowest BCUT2D eigenvalue weighted by atomic mass is 10.1. The lowest BCUT2D eigenvalue weighted by molar-refractivity contribution is 0.924. The Hall–Kier alpha value is -0.980. The van der Waals surface area contributed by atoms with Gasteiger partial charge in [-0.2, -0.15) is 0 Å². The molecule has 1 nitrogen and oxygen atoms in total. The van der Waals surface area contributed by atoms with E-state index in [1.807, 2.05) is 19.1 Å². The molecule has 0 amide bonds. The summed E-state index contributed by atoms with van der Waals surface area (Å²) in [5.74, 6) is 0. The van der Waals surface area contributed by atoms with E-state index in [1.54, 1.807) is 0 Å². The summed E-state index contributed by atoms with van der Waals surface area (Å²) in [5.41, 5.74) is 7.31. The van der Waals surface area contributed by atoms with Gasteiger partial charge in [0.25, 0.3) is 0 Å². The van der Waals surface area contributed by atoms with Gasteiger partial charge in [0, 0.05) is 5.70 Å². The third-order valence-corrected chi connectivity index (χ3v) is 1.42. The third-order valence-electron chi connectivity index (χ3n) is 1.42. The molecule has 1 heteroatoms. The molecule has 0 aliphatic heterocycles. The molecule has 0 aromatic carbocycles. The monoisotopic (exact) mass is 151 g/mol. The van der Waals surface area contributed by atoms with Crippen LogP contribution in [-0.2, 0) is 0 Å². The molecule has 0 unspecified atom stereocenters. The molecule has 11 heavy (non-hydrogen) atoms. The van der Waals surface area contributed by atoms with Crippen LogP contribution in [0.25, 0.3) is 0 Å². The molecule has 62 valence electrons. The van der Waals surface area contributed by atoms with Crippen LogP contribution in [-0.4, -0.2) is 0 Å². The third kappa shape index (κ3) is 5.46. The highest BCUT2D eigenvalue weighted by Gasteiger charge is 1.86. The summed E-state index contributed by atoms with van der Waals surface area (Å²) in [6.45, 7) is 7.78. The lowest BCUT2D eigenvalue weighted by Gasteiger charge is -1.96. The zero-order valence-corrected chi connectivity index (χ0v) is 7.43. The van der Waals surface area contributed by atoms with Gasteiger partial charge in [-0.1, -0.05) is 37.6 Å². The van der Waals surface area contributed by atoms with Gasteiger partial charge < -0.3 is 5.73 Å². The fraction of sp³-hybridized carbons (Fsp3) is 0.400. The summed E-state index contributed by atoms with van der Waals surface area (Å²) in [6, 6.07) is 0. The zero-order valence-electron chi connectivity index (χ0n) is 7.43. The maximum absolute atomic E-state index is 5.38. The summed E-state index contributed by atoms with van der Waals surface area (Å²) in [5, 5.41) is 0. The standard InChI is InChI=1S/C10H17N/c1-4-6-10(5-2)8-7-9(3)11/h5,7-8H,3-4,6,11H2,1-2H3/b8-7-,10-5-. The van der Waals surface area contributed by atoms with E-state index in [4.69, 9.17) is 5.73 Å². The maximum atomic E-state index is 5.38. The van der Waals surface area contributed by atoms with Crippen molar-refractivity contribution in [2.75, 3.05) is 0 Å². The molecule has 0 rings (SSSR count). The van der Waals surface area contributed by atoms with E-state index in [1.165, 1.54) is 12.0 Å². The highest BCUT2D eigenvalue weighted by Crippen LogP contribution is 2.06. The minimum atomic E-state index is 0.612. The van der Waals surface area contributed by atoms with Crippen LogP contribution in [0.5, 0.6) is 0 Å². The van der Waals surface area contributed by atoms with E-state index in [9.17, 15) is 0 Å². The predicted octanol–water partition coefficient (Wildman–Crippen LogP) is 2.76. The van der Waals surface area contributed by atoms with Crippen LogP contribution in [0.1, 0.15) is 26.7 Å². The second-order valence-electron chi connectivity index (χ2n) is 2.52. The summed E-state index contributed by atoms with van der Waals surface area (Å²) in [6.07, 6.45) is 8.24. The summed E-state index contributed by atoms with van der Waals surface area (Å²) >= 11 is 0. The molecular formula is C10H17N. The van der Waals surface area contributed by atoms with Gasteiger partial charge >= 0.3 is 0 Å². The van der Waals surface area contributed by atoms with Gasteiger partial charge in [0.05, 0.1) is 0 Å². The fourth-order valence-corrected chi connectivity index (χ4v) is 0.827. The van der Waals surface area contributed by atoms with Crippen molar-refractivity contribution in [1.82, 2.24) is 0 Å². The molecule has 0 atom stereocenters. The predicted molar refractivity (Wildman–Crippen MR) is 51.1 cm³/mol. The fourth-order valence-electron chi connectivity index (χ4n) is 0.827. The van der Waals surface area contributed by atoms with Gasteiger partial charge in [0.15, 0.2) is 0 Å². The molecule has 0 aliphatic rings. The van der Waals surface area contributed by atoms with E-state index in [2.05, 4.69) is 19.6 Å². The Bertz CT molecular complexity index is 175. The van der Waals surface area contributed by atoms with Crippen LogP contribution in [0.3, 0.4) is 0 Å². The Morgan fingerprint density at radius 3 is 2.45 bits per heavy atom. The summed E-state index contributed by atoms with van der Waals surface area (Å²) < 4.78 is 0. The van der Waals surface area contributed by atoms with Crippen LogP contribution in [0, 0.1) is 0 Å². The average Bonchev–Trinajstić information content (AvgIpc) is 1.97. The van der Waals surface area contributed by atoms with Gasteiger partial charge in [-0.15, -0.1) is 0 Å². The first kappa shape index (κ1) is 10.0. The van der Waals surface area contributed by atoms with Crippen molar-refractivity contribution in [3.8, 4) is 0 Å². The lowest BCUT2D eigenvalue weighted by Crippen LogP contribution is -1.88. The molecule has 2 N–H and O–H groups in total. The van der Waals surface area contributed by atoms with Crippen molar-refractivity contribution in [1.29, 1.82) is 0 Å². The van der Waals surface area contributed by atoms with E-state index >= 15 is 0 Å². The average molecular weight is 151 g/mol. The first-order valence-corrected chi connectivity index (χ1v) is 3.98. The number of hydrogen-bond donors (Lipinski definition) is 1. The van der Waals surface area contributed by atoms with E-state index in [0.29, 0.717) is 5.70 Å². The molecule has 0 bridgehead atoms. The first-order valence-electron chi connectivity index (χ1n) is 3.98. The molecule has 0 spiro atoms.